The number of hydrogen-bond donors (Lipinski definition) is 2. The van der Waals surface area contributed by atoms with Crippen LogP contribution in [0, 0.1) is 11.3 Å². The van der Waals surface area contributed by atoms with E-state index in [1.54, 1.807) is 0 Å². The van der Waals surface area contributed by atoms with Crippen molar-refractivity contribution in [3.05, 3.63) is 11.1 Å². The molecule has 0 rings (SSSR count). The lowest BCUT2D eigenvalue weighted by molar-refractivity contribution is -0.140. The lowest BCUT2D eigenvalue weighted by Crippen LogP contribution is -2.30. The molecule has 110 valence electrons. The standard InChI is InChI=1S/C15H26O4/c1-6-8-11(12(13(16)17)14(18)19)15(5,9-7-2)10(3)4/h10H,6-9H2,1-5H3,(H,16,17)(H,18,19). The summed E-state index contributed by atoms with van der Waals surface area (Å²) in [4.78, 5) is 22.6. The highest BCUT2D eigenvalue weighted by atomic mass is 16.4. The molecule has 0 aliphatic rings. The van der Waals surface area contributed by atoms with Gasteiger partial charge in [0.25, 0.3) is 0 Å². The third-order valence-corrected chi connectivity index (χ3v) is 3.96. The van der Waals surface area contributed by atoms with Gasteiger partial charge in [-0.1, -0.05) is 47.5 Å². The Hall–Kier alpha value is -1.32. The molecule has 0 saturated heterocycles. The second-order valence-electron chi connectivity index (χ2n) is 5.54. The molecule has 0 spiro atoms. The molecule has 0 aliphatic carbocycles. The van der Waals surface area contributed by atoms with Gasteiger partial charge in [0.15, 0.2) is 0 Å². The maximum atomic E-state index is 11.3. The third-order valence-electron chi connectivity index (χ3n) is 3.96. The number of carboxylic acid groups (broad SMARTS) is 2. The largest absolute Gasteiger partial charge is 0.477 e. The summed E-state index contributed by atoms with van der Waals surface area (Å²) in [5.74, 6) is -2.47. The Labute approximate surface area is 115 Å². The Balaban J connectivity index is 6.05. The molecular weight excluding hydrogens is 244 g/mol. The molecule has 1 unspecified atom stereocenters. The highest BCUT2D eigenvalue weighted by molar-refractivity contribution is 6.13. The molecule has 1 atom stereocenters. The fraction of sp³-hybridized carbons (Fsp3) is 0.733. The third kappa shape index (κ3) is 4.08. The van der Waals surface area contributed by atoms with Gasteiger partial charge in [-0.05, 0) is 29.7 Å². The van der Waals surface area contributed by atoms with Crippen molar-refractivity contribution in [3.8, 4) is 0 Å². The average molecular weight is 270 g/mol. The Bertz CT molecular complexity index is 352. The average Bonchev–Trinajstić information content (AvgIpc) is 2.27. The smallest absolute Gasteiger partial charge is 0.343 e. The van der Waals surface area contributed by atoms with Crippen LogP contribution in [0.25, 0.3) is 0 Å². The van der Waals surface area contributed by atoms with E-state index in [1.165, 1.54) is 0 Å². The van der Waals surface area contributed by atoms with Crippen LogP contribution in [0.2, 0.25) is 0 Å². The number of carbonyl (C=O) groups is 2. The SMILES string of the molecule is CCCC(=C(C(=O)O)C(=O)O)C(C)(CCC)C(C)C. The molecule has 0 heterocycles. The van der Waals surface area contributed by atoms with Crippen LogP contribution in [0.3, 0.4) is 0 Å². The maximum absolute atomic E-state index is 11.3. The summed E-state index contributed by atoms with van der Waals surface area (Å²) in [7, 11) is 0. The van der Waals surface area contributed by atoms with E-state index < -0.39 is 17.5 Å². The van der Waals surface area contributed by atoms with Gasteiger partial charge < -0.3 is 10.2 Å². The second kappa shape index (κ2) is 7.31. The van der Waals surface area contributed by atoms with E-state index >= 15 is 0 Å². The molecule has 0 aromatic heterocycles. The molecule has 0 amide bonds. The highest BCUT2D eigenvalue weighted by Crippen LogP contribution is 2.43. The minimum Gasteiger partial charge on any atom is -0.477 e. The molecule has 0 aromatic carbocycles. The maximum Gasteiger partial charge on any atom is 0.343 e. The zero-order valence-electron chi connectivity index (χ0n) is 12.6. The summed E-state index contributed by atoms with van der Waals surface area (Å²) in [6, 6.07) is 0. The van der Waals surface area contributed by atoms with Crippen molar-refractivity contribution in [3.63, 3.8) is 0 Å². The second-order valence-corrected chi connectivity index (χ2v) is 5.54. The summed E-state index contributed by atoms with van der Waals surface area (Å²) in [5.41, 5.74) is -0.241. The molecule has 19 heavy (non-hydrogen) atoms. The topological polar surface area (TPSA) is 74.6 Å². The van der Waals surface area contributed by atoms with Crippen LogP contribution in [-0.2, 0) is 9.59 Å². The molecule has 0 radical (unpaired) electrons. The van der Waals surface area contributed by atoms with E-state index in [-0.39, 0.29) is 11.3 Å². The van der Waals surface area contributed by atoms with Gasteiger partial charge in [-0.3, -0.25) is 0 Å². The lowest BCUT2D eigenvalue weighted by Gasteiger charge is -2.37. The van der Waals surface area contributed by atoms with E-state index in [0.717, 1.165) is 19.3 Å². The van der Waals surface area contributed by atoms with Crippen molar-refractivity contribution in [2.75, 3.05) is 0 Å². The Morgan fingerprint density at radius 3 is 1.79 bits per heavy atom. The quantitative estimate of drug-likeness (QED) is 0.400. The number of carboxylic acids is 2. The number of rotatable bonds is 8. The van der Waals surface area contributed by atoms with Crippen LogP contribution in [0.1, 0.15) is 60.3 Å². The molecule has 4 heteroatoms. The van der Waals surface area contributed by atoms with Crippen LogP contribution in [0.5, 0.6) is 0 Å². The van der Waals surface area contributed by atoms with Crippen molar-refractivity contribution in [2.24, 2.45) is 11.3 Å². The molecule has 4 nitrogen and oxygen atoms in total. The first kappa shape index (κ1) is 17.7. The lowest BCUT2D eigenvalue weighted by atomic mass is 9.67. The van der Waals surface area contributed by atoms with Crippen molar-refractivity contribution in [1.82, 2.24) is 0 Å². The summed E-state index contributed by atoms with van der Waals surface area (Å²) in [6.45, 7) is 10.00. The zero-order valence-corrected chi connectivity index (χ0v) is 12.6. The van der Waals surface area contributed by atoms with Gasteiger partial charge in [0.1, 0.15) is 5.57 Å². The van der Waals surface area contributed by atoms with Crippen LogP contribution >= 0.6 is 0 Å². The number of hydrogen-bond acceptors (Lipinski definition) is 2. The fourth-order valence-electron chi connectivity index (χ4n) is 2.60. The summed E-state index contributed by atoms with van der Waals surface area (Å²) in [6.07, 6.45) is 2.95. The summed E-state index contributed by atoms with van der Waals surface area (Å²) < 4.78 is 0. The van der Waals surface area contributed by atoms with Gasteiger partial charge in [0.2, 0.25) is 0 Å². The Morgan fingerprint density at radius 2 is 1.53 bits per heavy atom. The van der Waals surface area contributed by atoms with Gasteiger partial charge in [0.05, 0.1) is 0 Å². The van der Waals surface area contributed by atoms with Crippen molar-refractivity contribution in [2.45, 2.75) is 60.3 Å². The first-order chi connectivity index (χ1) is 8.72. The van der Waals surface area contributed by atoms with Gasteiger partial charge in [-0.25, -0.2) is 9.59 Å². The Morgan fingerprint density at radius 1 is 1.05 bits per heavy atom. The predicted octanol–water partition coefficient (Wildman–Crippen LogP) is 3.71. The predicted molar refractivity (Wildman–Crippen MR) is 75.1 cm³/mol. The summed E-state index contributed by atoms with van der Waals surface area (Å²) in [5, 5.41) is 18.4. The van der Waals surface area contributed by atoms with Crippen LogP contribution < -0.4 is 0 Å². The molecule has 0 bridgehead atoms. The highest BCUT2D eigenvalue weighted by Gasteiger charge is 2.36. The molecule has 0 aliphatic heterocycles. The van der Waals surface area contributed by atoms with Gasteiger partial charge in [-0.2, -0.15) is 0 Å². The van der Waals surface area contributed by atoms with Crippen molar-refractivity contribution < 1.29 is 19.8 Å². The molecule has 0 aromatic rings. The molecule has 2 N–H and O–H groups in total. The minimum atomic E-state index is -1.33. The van der Waals surface area contributed by atoms with E-state index in [9.17, 15) is 19.8 Å². The van der Waals surface area contributed by atoms with Crippen molar-refractivity contribution >= 4 is 11.9 Å². The van der Waals surface area contributed by atoms with E-state index in [0.29, 0.717) is 12.0 Å². The molecular formula is C15H26O4. The molecule has 0 saturated carbocycles. The van der Waals surface area contributed by atoms with Gasteiger partial charge >= 0.3 is 11.9 Å². The minimum absolute atomic E-state index is 0.197. The van der Waals surface area contributed by atoms with Crippen LogP contribution in [-0.4, -0.2) is 22.2 Å². The van der Waals surface area contributed by atoms with Crippen LogP contribution in [0.15, 0.2) is 11.1 Å². The fourth-order valence-corrected chi connectivity index (χ4v) is 2.60. The monoisotopic (exact) mass is 270 g/mol. The molecule has 0 fully saturated rings. The van der Waals surface area contributed by atoms with E-state index in [4.69, 9.17) is 0 Å². The Kier molecular flexibility index (Phi) is 6.81. The summed E-state index contributed by atoms with van der Waals surface area (Å²) >= 11 is 0. The van der Waals surface area contributed by atoms with Gasteiger partial charge in [0, 0.05) is 0 Å². The first-order valence-corrected chi connectivity index (χ1v) is 6.92. The van der Waals surface area contributed by atoms with Crippen molar-refractivity contribution in [1.29, 1.82) is 0 Å². The normalized spacial score (nSPS) is 14.0. The van der Waals surface area contributed by atoms with E-state index in [2.05, 4.69) is 0 Å². The zero-order chi connectivity index (χ0) is 15.2. The first-order valence-electron chi connectivity index (χ1n) is 6.92. The number of allylic oxidation sites excluding steroid dienone is 1. The van der Waals surface area contributed by atoms with Crippen LogP contribution in [0.4, 0.5) is 0 Å². The van der Waals surface area contributed by atoms with E-state index in [1.807, 2.05) is 34.6 Å². The van der Waals surface area contributed by atoms with Gasteiger partial charge in [-0.15, -0.1) is 0 Å². The number of aliphatic carboxylic acids is 2.